The Morgan fingerprint density at radius 3 is 2.78 bits per heavy atom. The van der Waals surface area contributed by atoms with Crippen LogP contribution in [0.2, 0.25) is 0 Å². The van der Waals surface area contributed by atoms with Crippen LogP contribution in [0.5, 0.6) is 0 Å². The van der Waals surface area contributed by atoms with Crippen molar-refractivity contribution in [1.82, 2.24) is 9.47 Å². The lowest BCUT2D eigenvalue weighted by atomic mass is 9.97. The molecule has 27 heavy (non-hydrogen) atoms. The fourth-order valence-electron chi connectivity index (χ4n) is 3.54. The third-order valence-corrected chi connectivity index (χ3v) is 5.92. The van der Waals surface area contributed by atoms with Crippen LogP contribution in [-0.4, -0.2) is 40.7 Å². The Morgan fingerprint density at radius 2 is 2.04 bits per heavy atom. The van der Waals surface area contributed by atoms with Gasteiger partial charge < -0.3 is 14.6 Å². The van der Waals surface area contributed by atoms with Crippen LogP contribution in [0, 0.1) is 0 Å². The first kappa shape index (κ1) is 17.7. The molecule has 0 radical (unpaired) electrons. The number of carbonyl (C=O) groups is 1. The fraction of sp³-hybridized carbons (Fsp3) is 0.238. The van der Waals surface area contributed by atoms with E-state index in [0.717, 1.165) is 16.9 Å². The van der Waals surface area contributed by atoms with Gasteiger partial charge in [-0.3, -0.25) is 9.59 Å². The highest BCUT2D eigenvalue weighted by Gasteiger charge is 2.28. The average Bonchev–Trinajstić information content (AvgIpc) is 3.17. The second-order valence-electron chi connectivity index (χ2n) is 6.62. The zero-order valence-electron chi connectivity index (χ0n) is 15.0. The van der Waals surface area contributed by atoms with Gasteiger partial charge in [0.2, 0.25) is 0 Å². The number of fused-ring (bicyclic) bond motifs is 3. The number of hydrogen-bond donors (Lipinski definition) is 1. The molecular weight excluding hydrogens is 360 g/mol. The van der Waals surface area contributed by atoms with Gasteiger partial charge in [-0.2, -0.15) is 0 Å². The van der Waals surface area contributed by atoms with Crippen LogP contribution in [0.4, 0.5) is 0 Å². The van der Waals surface area contributed by atoms with E-state index >= 15 is 0 Å². The summed E-state index contributed by atoms with van der Waals surface area (Å²) in [5.74, 6) is -0.189. The van der Waals surface area contributed by atoms with Gasteiger partial charge in [0.05, 0.1) is 22.7 Å². The number of aliphatic hydroxyl groups excluding tert-OH is 1. The van der Waals surface area contributed by atoms with Gasteiger partial charge in [-0.15, -0.1) is 11.3 Å². The molecule has 2 aromatic heterocycles. The Bertz CT molecular complexity index is 1050. The highest BCUT2D eigenvalue weighted by Crippen LogP contribution is 2.37. The highest BCUT2D eigenvalue weighted by molar-refractivity contribution is 7.13. The minimum absolute atomic E-state index is 0.0726. The lowest BCUT2D eigenvalue weighted by Gasteiger charge is -2.25. The van der Waals surface area contributed by atoms with Crippen LogP contribution in [0.1, 0.15) is 15.9 Å². The number of aromatic nitrogens is 1. The number of aryl methyl sites for hydroxylation is 1. The van der Waals surface area contributed by atoms with E-state index in [1.807, 2.05) is 35.7 Å². The van der Waals surface area contributed by atoms with Crippen LogP contribution in [0.3, 0.4) is 0 Å². The van der Waals surface area contributed by atoms with Gasteiger partial charge in [-0.05, 0) is 35.1 Å². The van der Waals surface area contributed by atoms with Crippen molar-refractivity contribution in [3.63, 3.8) is 0 Å². The number of thiophene rings is 1. The summed E-state index contributed by atoms with van der Waals surface area (Å²) in [5, 5.41) is 11.2. The first-order valence-corrected chi connectivity index (χ1v) is 9.76. The van der Waals surface area contributed by atoms with E-state index in [1.54, 1.807) is 29.0 Å². The molecule has 1 N–H and O–H groups in total. The van der Waals surface area contributed by atoms with Crippen molar-refractivity contribution < 1.29 is 9.90 Å². The summed E-state index contributed by atoms with van der Waals surface area (Å²) >= 11 is 1.56. The highest BCUT2D eigenvalue weighted by atomic mass is 32.1. The molecule has 5 nitrogen and oxygen atoms in total. The van der Waals surface area contributed by atoms with Crippen LogP contribution in [-0.2, 0) is 13.0 Å². The smallest absolute Gasteiger partial charge is 0.258 e. The van der Waals surface area contributed by atoms with Gasteiger partial charge in [-0.25, -0.2) is 0 Å². The summed E-state index contributed by atoms with van der Waals surface area (Å²) in [6, 6.07) is 13.2. The first-order chi connectivity index (χ1) is 13.1. The van der Waals surface area contributed by atoms with E-state index in [1.165, 1.54) is 10.5 Å². The predicted octanol–water partition coefficient (Wildman–Crippen LogP) is 2.86. The fourth-order valence-corrected chi connectivity index (χ4v) is 4.56. The maximum atomic E-state index is 13.2. The van der Waals surface area contributed by atoms with Gasteiger partial charge in [0.15, 0.2) is 0 Å². The summed E-state index contributed by atoms with van der Waals surface area (Å²) in [5.41, 5.74) is 3.63. The molecule has 0 spiro atoms. The molecule has 4 rings (SSSR count). The molecule has 3 heterocycles. The molecule has 0 bridgehead atoms. The molecule has 0 aliphatic carbocycles. The minimum Gasteiger partial charge on any atom is -0.395 e. The van der Waals surface area contributed by atoms with Gasteiger partial charge in [0.1, 0.15) is 0 Å². The number of benzene rings is 1. The maximum absolute atomic E-state index is 13.2. The molecule has 1 aromatic carbocycles. The largest absolute Gasteiger partial charge is 0.395 e. The van der Waals surface area contributed by atoms with E-state index in [2.05, 4.69) is 6.07 Å². The number of aliphatic hydroxyl groups is 1. The third-order valence-electron chi connectivity index (χ3n) is 4.95. The van der Waals surface area contributed by atoms with Crippen LogP contribution >= 0.6 is 11.3 Å². The van der Waals surface area contributed by atoms with Crippen molar-refractivity contribution in [3.8, 4) is 21.7 Å². The second-order valence-corrected chi connectivity index (χ2v) is 7.53. The lowest BCUT2D eigenvalue weighted by molar-refractivity contribution is 0.0767. The summed E-state index contributed by atoms with van der Waals surface area (Å²) in [6.07, 6.45) is 0.782. The summed E-state index contributed by atoms with van der Waals surface area (Å²) in [4.78, 5) is 28.8. The molecule has 0 saturated carbocycles. The van der Waals surface area contributed by atoms with Gasteiger partial charge in [-0.1, -0.05) is 30.3 Å². The second kappa shape index (κ2) is 7.13. The summed E-state index contributed by atoms with van der Waals surface area (Å²) < 4.78 is 1.74. The third kappa shape index (κ3) is 3.01. The molecule has 0 unspecified atom stereocenters. The number of nitrogens with zero attached hydrogens (tertiary/aromatic N) is 2. The van der Waals surface area contributed by atoms with Crippen molar-refractivity contribution in [3.05, 3.63) is 69.3 Å². The predicted molar refractivity (Wildman–Crippen MR) is 107 cm³/mol. The Morgan fingerprint density at radius 1 is 1.26 bits per heavy atom. The summed E-state index contributed by atoms with van der Waals surface area (Å²) in [7, 11) is 1.67. The van der Waals surface area contributed by atoms with E-state index in [0.29, 0.717) is 23.4 Å². The number of pyridine rings is 1. The number of amides is 1. The minimum atomic E-state index is -0.189. The van der Waals surface area contributed by atoms with Gasteiger partial charge >= 0.3 is 0 Å². The Balaban J connectivity index is 1.99. The molecule has 1 aliphatic heterocycles. The van der Waals surface area contributed by atoms with Crippen LogP contribution in [0.25, 0.3) is 21.7 Å². The lowest BCUT2D eigenvalue weighted by Crippen LogP contribution is -2.34. The van der Waals surface area contributed by atoms with Crippen molar-refractivity contribution in [2.45, 2.75) is 13.0 Å². The van der Waals surface area contributed by atoms with E-state index in [9.17, 15) is 14.7 Å². The normalized spacial score (nSPS) is 12.4. The number of hydrogen-bond acceptors (Lipinski definition) is 4. The zero-order valence-corrected chi connectivity index (χ0v) is 15.8. The van der Waals surface area contributed by atoms with Crippen molar-refractivity contribution in [2.75, 3.05) is 20.2 Å². The van der Waals surface area contributed by atoms with Gasteiger partial charge in [0.25, 0.3) is 11.5 Å². The average molecular weight is 380 g/mol. The molecule has 0 fully saturated rings. The molecular formula is C21H20N2O3S. The monoisotopic (exact) mass is 380 g/mol. The maximum Gasteiger partial charge on any atom is 0.258 e. The molecule has 6 heteroatoms. The molecule has 0 saturated heterocycles. The van der Waals surface area contributed by atoms with Crippen LogP contribution < -0.4 is 5.56 Å². The molecule has 1 amide bonds. The van der Waals surface area contributed by atoms with E-state index < -0.39 is 0 Å². The number of rotatable bonds is 4. The topological polar surface area (TPSA) is 62.5 Å². The summed E-state index contributed by atoms with van der Waals surface area (Å²) in [6.45, 7) is 0.699. The number of carbonyl (C=O) groups excluding carboxylic acids is 1. The Kier molecular flexibility index (Phi) is 4.68. The van der Waals surface area contributed by atoms with Crippen molar-refractivity contribution in [2.24, 2.45) is 0 Å². The first-order valence-electron chi connectivity index (χ1n) is 8.88. The molecule has 0 atom stereocenters. The van der Waals surface area contributed by atoms with E-state index in [4.69, 9.17) is 0 Å². The standard InChI is InChI=1S/C21H20N2O3S/c1-22(10-11-24)20(25)17-13-16(14-5-3-2-4-6-14)21(26)23-9-7-15-8-12-27-19(15)18(17)23/h2-6,8,12-13,24H,7,9-11H2,1H3. The zero-order chi connectivity index (χ0) is 19.0. The van der Waals surface area contributed by atoms with Crippen LogP contribution in [0.15, 0.2) is 52.6 Å². The molecule has 138 valence electrons. The SMILES string of the molecule is CN(CCO)C(=O)c1cc(-c2ccccc2)c(=O)n2c1-c1sccc1CC2. The van der Waals surface area contributed by atoms with E-state index in [-0.39, 0.29) is 24.6 Å². The van der Waals surface area contributed by atoms with Gasteiger partial charge in [0, 0.05) is 25.7 Å². The number of likely N-dealkylation sites (N-methyl/N-ethyl adjacent to an activating group) is 1. The van der Waals surface area contributed by atoms with Crippen molar-refractivity contribution >= 4 is 17.2 Å². The molecule has 1 aliphatic rings. The molecule has 3 aromatic rings. The quantitative estimate of drug-likeness (QED) is 0.757. The Labute approximate surface area is 161 Å². The van der Waals surface area contributed by atoms with Crippen molar-refractivity contribution in [1.29, 1.82) is 0 Å². The Hall–Kier alpha value is -2.70.